The number of hydrogen-bond acceptors (Lipinski definition) is 3. The summed E-state index contributed by atoms with van der Waals surface area (Å²) in [5, 5.41) is 12.6. The molecule has 0 unspecified atom stereocenters. The first-order valence-electron chi connectivity index (χ1n) is 8.47. The number of piperidine rings is 1. The van der Waals surface area contributed by atoms with Gasteiger partial charge in [-0.25, -0.2) is 0 Å². The molecular formula is C17H29N3O. The van der Waals surface area contributed by atoms with Gasteiger partial charge in [-0.1, -0.05) is 39.5 Å². The maximum atomic E-state index is 12.4. The SMILES string of the molecule is C[C@H]1C[C@H](C)CN(CC(=O)NC2(C#N)CCCCCC2)C1. The highest BCUT2D eigenvalue weighted by molar-refractivity contribution is 5.79. The highest BCUT2D eigenvalue weighted by Crippen LogP contribution is 2.27. The number of nitriles is 1. The number of nitrogens with zero attached hydrogens (tertiary/aromatic N) is 2. The summed E-state index contributed by atoms with van der Waals surface area (Å²) in [6.07, 6.45) is 7.32. The van der Waals surface area contributed by atoms with E-state index in [-0.39, 0.29) is 5.91 Å². The van der Waals surface area contributed by atoms with Crippen LogP contribution in [0.25, 0.3) is 0 Å². The number of hydrogen-bond donors (Lipinski definition) is 1. The Kier molecular flexibility index (Phi) is 5.64. The van der Waals surface area contributed by atoms with E-state index in [1.54, 1.807) is 0 Å². The highest BCUT2D eigenvalue weighted by Gasteiger charge is 2.33. The second kappa shape index (κ2) is 7.26. The van der Waals surface area contributed by atoms with Crippen LogP contribution in [0.3, 0.4) is 0 Å². The Morgan fingerprint density at radius 2 is 1.76 bits per heavy atom. The lowest BCUT2D eigenvalue weighted by atomic mass is 9.91. The fraction of sp³-hybridized carbons (Fsp3) is 0.882. The molecule has 21 heavy (non-hydrogen) atoms. The van der Waals surface area contributed by atoms with Crippen molar-refractivity contribution < 1.29 is 4.79 Å². The Morgan fingerprint density at radius 1 is 1.19 bits per heavy atom. The van der Waals surface area contributed by atoms with E-state index >= 15 is 0 Å². The van der Waals surface area contributed by atoms with Gasteiger partial charge in [0, 0.05) is 13.1 Å². The molecule has 2 atom stereocenters. The average molecular weight is 291 g/mol. The van der Waals surface area contributed by atoms with E-state index in [9.17, 15) is 10.1 Å². The van der Waals surface area contributed by atoms with Crippen LogP contribution in [0.4, 0.5) is 0 Å². The molecule has 0 aromatic heterocycles. The molecule has 1 aliphatic heterocycles. The monoisotopic (exact) mass is 291 g/mol. The maximum absolute atomic E-state index is 12.4. The molecule has 0 radical (unpaired) electrons. The third kappa shape index (κ3) is 4.71. The smallest absolute Gasteiger partial charge is 0.235 e. The number of amides is 1. The van der Waals surface area contributed by atoms with Crippen LogP contribution in [-0.4, -0.2) is 36.0 Å². The van der Waals surface area contributed by atoms with Crippen molar-refractivity contribution in [1.82, 2.24) is 10.2 Å². The maximum Gasteiger partial charge on any atom is 0.235 e. The van der Waals surface area contributed by atoms with Gasteiger partial charge in [-0.15, -0.1) is 0 Å². The Labute approximate surface area is 128 Å². The lowest BCUT2D eigenvalue weighted by Gasteiger charge is -2.35. The molecule has 2 aliphatic rings. The number of rotatable bonds is 3. The van der Waals surface area contributed by atoms with E-state index in [1.807, 2.05) is 0 Å². The number of likely N-dealkylation sites (tertiary alicyclic amines) is 1. The normalized spacial score (nSPS) is 30.1. The minimum Gasteiger partial charge on any atom is -0.337 e. The third-order valence-corrected chi connectivity index (χ3v) is 4.86. The zero-order valence-electron chi connectivity index (χ0n) is 13.5. The first kappa shape index (κ1) is 16.3. The fourth-order valence-electron chi connectivity index (χ4n) is 4.03. The first-order valence-corrected chi connectivity index (χ1v) is 8.47. The Morgan fingerprint density at radius 3 is 2.29 bits per heavy atom. The zero-order chi connectivity index (χ0) is 15.3. The van der Waals surface area contributed by atoms with Gasteiger partial charge in [-0.2, -0.15) is 5.26 Å². The molecule has 118 valence electrons. The highest BCUT2D eigenvalue weighted by atomic mass is 16.2. The summed E-state index contributed by atoms with van der Waals surface area (Å²) in [4.78, 5) is 14.6. The predicted molar refractivity (Wildman–Crippen MR) is 83.6 cm³/mol. The van der Waals surface area contributed by atoms with Crippen molar-refractivity contribution in [3.05, 3.63) is 0 Å². The van der Waals surface area contributed by atoms with Gasteiger partial charge in [0.15, 0.2) is 0 Å². The molecular weight excluding hydrogens is 262 g/mol. The van der Waals surface area contributed by atoms with Gasteiger partial charge in [0.25, 0.3) is 0 Å². The molecule has 4 heteroatoms. The average Bonchev–Trinajstić information content (AvgIpc) is 2.63. The van der Waals surface area contributed by atoms with Crippen molar-refractivity contribution in [3.8, 4) is 6.07 Å². The molecule has 1 saturated carbocycles. The van der Waals surface area contributed by atoms with Gasteiger partial charge in [0.2, 0.25) is 5.91 Å². The molecule has 2 fully saturated rings. The largest absolute Gasteiger partial charge is 0.337 e. The lowest BCUT2D eigenvalue weighted by molar-refractivity contribution is -0.124. The van der Waals surface area contributed by atoms with Gasteiger partial charge >= 0.3 is 0 Å². The Hall–Kier alpha value is -1.08. The lowest BCUT2D eigenvalue weighted by Crippen LogP contribution is -2.52. The molecule has 1 heterocycles. The fourth-order valence-corrected chi connectivity index (χ4v) is 4.03. The zero-order valence-corrected chi connectivity index (χ0v) is 13.5. The Bertz CT molecular complexity index is 383. The molecule has 1 aliphatic carbocycles. The third-order valence-electron chi connectivity index (χ3n) is 4.86. The van der Waals surface area contributed by atoms with Gasteiger partial charge in [0.05, 0.1) is 12.6 Å². The van der Waals surface area contributed by atoms with Crippen molar-refractivity contribution in [2.45, 2.75) is 64.3 Å². The van der Waals surface area contributed by atoms with Crippen LogP contribution in [-0.2, 0) is 4.79 Å². The molecule has 4 nitrogen and oxygen atoms in total. The number of nitrogens with one attached hydrogen (secondary N) is 1. The van der Waals surface area contributed by atoms with E-state index in [4.69, 9.17) is 0 Å². The minimum atomic E-state index is -0.611. The second-order valence-corrected chi connectivity index (χ2v) is 7.30. The molecule has 0 bridgehead atoms. The van der Waals surface area contributed by atoms with E-state index in [2.05, 4.69) is 30.1 Å². The van der Waals surface area contributed by atoms with Crippen LogP contribution in [0.2, 0.25) is 0 Å². The van der Waals surface area contributed by atoms with Crippen LogP contribution in [0.5, 0.6) is 0 Å². The molecule has 0 aromatic rings. The molecule has 2 rings (SSSR count). The summed E-state index contributed by atoms with van der Waals surface area (Å²) in [5.41, 5.74) is -0.611. The molecule has 1 N–H and O–H groups in total. The van der Waals surface area contributed by atoms with E-state index in [0.29, 0.717) is 18.4 Å². The van der Waals surface area contributed by atoms with E-state index < -0.39 is 5.54 Å². The first-order chi connectivity index (χ1) is 10.0. The van der Waals surface area contributed by atoms with Gasteiger partial charge in [-0.3, -0.25) is 9.69 Å². The van der Waals surface area contributed by atoms with Crippen molar-refractivity contribution in [3.63, 3.8) is 0 Å². The number of carbonyl (C=O) groups excluding carboxylic acids is 1. The van der Waals surface area contributed by atoms with E-state index in [1.165, 1.54) is 19.3 Å². The van der Waals surface area contributed by atoms with Crippen molar-refractivity contribution in [2.75, 3.05) is 19.6 Å². The summed E-state index contributed by atoms with van der Waals surface area (Å²) in [5.74, 6) is 1.34. The quantitative estimate of drug-likeness (QED) is 0.813. The summed E-state index contributed by atoms with van der Waals surface area (Å²) in [6.45, 7) is 6.94. The van der Waals surface area contributed by atoms with Gasteiger partial charge in [-0.05, 0) is 31.1 Å². The standard InChI is InChI=1S/C17H29N3O/c1-14-9-15(2)11-20(10-14)12-16(21)19-17(13-18)7-5-3-4-6-8-17/h14-15H,3-12H2,1-2H3,(H,19,21)/t14-,15-/m0/s1. The summed E-state index contributed by atoms with van der Waals surface area (Å²) in [7, 11) is 0. The minimum absolute atomic E-state index is 0.0275. The van der Waals surface area contributed by atoms with Crippen LogP contribution < -0.4 is 5.32 Å². The summed E-state index contributed by atoms with van der Waals surface area (Å²) >= 11 is 0. The van der Waals surface area contributed by atoms with Crippen molar-refractivity contribution in [2.24, 2.45) is 11.8 Å². The predicted octanol–water partition coefficient (Wildman–Crippen LogP) is 2.70. The Balaban J connectivity index is 1.89. The van der Waals surface area contributed by atoms with Crippen LogP contribution in [0.15, 0.2) is 0 Å². The van der Waals surface area contributed by atoms with Crippen LogP contribution in [0, 0.1) is 23.2 Å². The van der Waals surface area contributed by atoms with Gasteiger partial charge < -0.3 is 5.32 Å². The second-order valence-electron chi connectivity index (χ2n) is 7.30. The number of carbonyl (C=O) groups is 1. The van der Waals surface area contributed by atoms with E-state index in [0.717, 1.165) is 38.8 Å². The molecule has 1 amide bonds. The molecule has 0 spiro atoms. The molecule has 1 saturated heterocycles. The van der Waals surface area contributed by atoms with Crippen molar-refractivity contribution >= 4 is 5.91 Å². The summed E-state index contributed by atoms with van der Waals surface area (Å²) in [6, 6.07) is 2.39. The van der Waals surface area contributed by atoms with Gasteiger partial charge in [0.1, 0.15) is 5.54 Å². The molecule has 0 aromatic carbocycles. The van der Waals surface area contributed by atoms with Crippen LogP contribution in [0.1, 0.15) is 58.8 Å². The van der Waals surface area contributed by atoms with Crippen molar-refractivity contribution in [1.29, 1.82) is 5.26 Å². The summed E-state index contributed by atoms with van der Waals surface area (Å²) < 4.78 is 0. The van der Waals surface area contributed by atoms with Crippen LogP contribution >= 0.6 is 0 Å². The topological polar surface area (TPSA) is 56.1 Å².